The Labute approximate surface area is 85.8 Å². The molecule has 0 aliphatic rings. The Morgan fingerprint density at radius 3 is 2.50 bits per heavy atom. The first-order valence-corrected chi connectivity index (χ1v) is 5.86. The number of halogens is 1. The van der Waals surface area contributed by atoms with Gasteiger partial charge in [-0.05, 0) is 19.1 Å². The zero-order valence-electron chi connectivity index (χ0n) is 7.15. The van der Waals surface area contributed by atoms with Gasteiger partial charge in [0.25, 0.3) is 9.05 Å². The number of nitrogens with zero attached hydrogens (tertiary/aromatic N) is 1. The molecule has 0 bridgehead atoms. The van der Waals surface area contributed by atoms with Crippen LogP contribution in [0.15, 0.2) is 17.0 Å². The second kappa shape index (κ2) is 3.48. The number of hydrogen-bond donors (Lipinski definition) is 1. The summed E-state index contributed by atoms with van der Waals surface area (Å²) in [4.78, 5) is -0.281. The first-order valence-electron chi connectivity index (χ1n) is 3.55. The third-order valence-electron chi connectivity index (χ3n) is 1.77. The summed E-state index contributed by atoms with van der Waals surface area (Å²) in [6, 6.07) is 3.97. The van der Waals surface area contributed by atoms with Crippen LogP contribution in [0.4, 0.5) is 0 Å². The van der Waals surface area contributed by atoms with Crippen LogP contribution >= 0.6 is 10.7 Å². The van der Waals surface area contributed by atoms with E-state index in [9.17, 15) is 13.5 Å². The molecule has 1 rings (SSSR count). The molecular formula is C8H6ClNO3S. The quantitative estimate of drug-likeness (QED) is 0.743. The van der Waals surface area contributed by atoms with Crippen LogP contribution in [0, 0.1) is 18.3 Å². The predicted octanol–water partition coefficient (Wildman–Crippen LogP) is 1.50. The van der Waals surface area contributed by atoms with Crippen LogP contribution in [0.1, 0.15) is 11.1 Å². The summed E-state index contributed by atoms with van der Waals surface area (Å²) in [5.74, 6) is -0.134. The molecule has 0 spiro atoms. The first-order chi connectivity index (χ1) is 6.38. The maximum absolute atomic E-state index is 11.0. The average Bonchev–Trinajstić information content (AvgIpc) is 2.07. The van der Waals surface area contributed by atoms with Crippen LogP contribution in [-0.2, 0) is 9.05 Å². The Hall–Kier alpha value is -1.25. The molecular weight excluding hydrogens is 226 g/mol. The standard InChI is InChI=1S/C8H6ClNO3S/c1-5-6(4-10)8(14(9,12)13)3-2-7(5)11/h2-3,11H,1H3. The van der Waals surface area contributed by atoms with Gasteiger partial charge in [-0.3, -0.25) is 0 Å². The topological polar surface area (TPSA) is 78.2 Å². The molecule has 0 aromatic heterocycles. The highest BCUT2D eigenvalue weighted by atomic mass is 35.7. The number of benzene rings is 1. The van der Waals surface area contributed by atoms with Crippen LogP contribution in [-0.4, -0.2) is 13.5 Å². The fraction of sp³-hybridized carbons (Fsp3) is 0.125. The zero-order valence-corrected chi connectivity index (χ0v) is 8.72. The second-order valence-corrected chi connectivity index (χ2v) is 5.17. The van der Waals surface area contributed by atoms with E-state index in [2.05, 4.69) is 0 Å². The largest absolute Gasteiger partial charge is 0.508 e. The molecule has 0 saturated carbocycles. The van der Waals surface area contributed by atoms with Crippen molar-refractivity contribution in [2.45, 2.75) is 11.8 Å². The fourth-order valence-electron chi connectivity index (χ4n) is 1.02. The van der Waals surface area contributed by atoms with Crippen LogP contribution < -0.4 is 0 Å². The number of rotatable bonds is 1. The molecule has 0 radical (unpaired) electrons. The van der Waals surface area contributed by atoms with E-state index >= 15 is 0 Å². The van der Waals surface area contributed by atoms with Crippen LogP contribution in [0.25, 0.3) is 0 Å². The average molecular weight is 232 g/mol. The van der Waals surface area contributed by atoms with Gasteiger partial charge in [0.15, 0.2) is 0 Å². The molecule has 4 nitrogen and oxygen atoms in total. The van der Waals surface area contributed by atoms with Gasteiger partial charge in [-0.2, -0.15) is 5.26 Å². The van der Waals surface area contributed by atoms with E-state index < -0.39 is 9.05 Å². The normalized spacial score (nSPS) is 10.9. The van der Waals surface area contributed by atoms with Gasteiger partial charge in [0, 0.05) is 16.2 Å². The molecule has 0 aliphatic carbocycles. The third kappa shape index (κ3) is 1.81. The van der Waals surface area contributed by atoms with E-state index in [-0.39, 0.29) is 21.8 Å². The van der Waals surface area contributed by atoms with Crippen LogP contribution in [0.2, 0.25) is 0 Å². The highest BCUT2D eigenvalue weighted by molar-refractivity contribution is 8.13. The van der Waals surface area contributed by atoms with Gasteiger partial charge in [0.05, 0.1) is 5.56 Å². The van der Waals surface area contributed by atoms with Gasteiger partial charge >= 0.3 is 0 Å². The summed E-state index contributed by atoms with van der Waals surface area (Å²) < 4.78 is 22.0. The van der Waals surface area contributed by atoms with E-state index in [1.54, 1.807) is 6.07 Å². The van der Waals surface area contributed by atoms with Crippen LogP contribution in [0.5, 0.6) is 5.75 Å². The van der Waals surface area contributed by atoms with Gasteiger partial charge in [-0.15, -0.1) is 0 Å². The van der Waals surface area contributed by atoms with E-state index in [1.807, 2.05) is 0 Å². The number of hydrogen-bond acceptors (Lipinski definition) is 4. The zero-order chi connectivity index (χ0) is 10.9. The number of phenols is 1. The summed E-state index contributed by atoms with van der Waals surface area (Å²) in [5, 5.41) is 17.9. The summed E-state index contributed by atoms with van der Waals surface area (Å²) >= 11 is 0. The number of phenolic OH excluding ortho intramolecular Hbond substituents is 1. The van der Waals surface area contributed by atoms with Gasteiger partial charge in [-0.1, -0.05) is 0 Å². The summed E-state index contributed by atoms with van der Waals surface area (Å²) in [6.45, 7) is 1.44. The summed E-state index contributed by atoms with van der Waals surface area (Å²) in [7, 11) is 1.16. The van der Waals surface area contributed by atoms with Gasteiger partial charge in [0.1, 0.15) is 16.7 Å². The van der Waals surface area contributed by atoms with E-state index in [1.165, 1.54) is 13.0 Å². The highest BCUT2D eigenvalue weighted by Crippen LogP contribution is 2.27. The Kier molecular flexibility index (Phi) is 2.69. The van der Waals surface area contributed by atoms with E-state index in [0.29, 0.717) is 0 Å². The molecule has 1 N–H and O–H groups in total. The molecule has 74 valence electrons. The Balaban J connectivity index is 3.66. The Bertz CT molecular complexity index is 516. The molecule has 0 aliphatic heterocycles. The number of aromatic hydroxyl groups is 1. The van der Waals surface area contributed by atoms with Crippen molar-refractivity contribution in [1.29, 1.82) is 5.26 Å². The van der Waals surface area contributed by atoms with Crippen LogP contribution in [0.3, 0.4) is 0 Å². The van der Waals surface area contributed by atoms with E-state index in [4.69, 9.17) is 15.9 Å². The maximum atomic E-state index is 11.0. The lowest BCUT2D eigenvalue weighted by atomic mass is 10.1. The molecule has 0 amide bonds. The minimum Gasteiger partial charge on any atom is -0.508 e. The molecule has 0 atom stereocenters. The SMILES string of the molecule is Cc1c(O)ccc(S(=O)(=O)Cl)c1C#N. The fourth-order valence-corrected chi connectivity index (χ4v) is 2.08. The maximum Gasteiger partial charge on any atom is 0.262 e. The molecule has 6 heteroatoms. The monoisotopic (exact) mass is 231 g/mol. The predicted molar refractivity (Wildman–Crippen MR) is 50.6 cm³/mol. The molecule has 0 unspecified atom stereocenters. The van der Waals surface area contributed by atoms with Crippen molar-refractivity contribution in [3.63, 3.8) is 0 Å². The van der Waals surface area contributed by atoms with Gasteiger partial charge in [-0.25, -0.2) is 8.42 Å². The van der Waals surface area contributed by atoms with Crippen molar-refractivity contribution in [2.24, 2.45) is 0 Å². The first kappa shape index (κ1) is 10.8. The smallest absolute Gasteiger partial charge is 0.262 e. The second-order valence-electron chi connectivity index (χ2n) is 2.63. The molecule has 1 aromatic carbocycles. The minimum atomic E-state index is -3.95. The van der Waals surface area contributed by atoms with Crippen molar-refractivity contribution in [2.75, 3.05) is 0 Å². The summed E-state index contributed by atoms with van der Waals surface area (Å²) in [6.07, 6.45) is 0. The van der Waals surface area contributed by atoms with Crippen molar-refractivity contribution < 1.29 is 13.5 Å². The summed E-state index contributed by atoms with van der Waals surface area (Å²) in [5.41, 5.74) is 0.0780. The van der Waals surface area contributed by atoms with Gasteiger partial charge < -0.3 is 5.11 Å². The molecule has 0 saturated heterocycles. The van der Waals surface area contributed by atoms with Crippen molar-refractivity contribution in [3.05, 3.63) is 23.3 Å². The van der Waals surface area contributed by atoms with Gasteiger partial charge in [0.2, 0.25) is 0 Å². The minimum absolute atomic E-state index is 0.125. The van der Waals surface area contributed by atoms with Crippen molar-refractivity contribution in [1.82, 2.24) is 0 Å². The van der Waals surface area contributed by atoms with E-state index in [0.717, 1.165) is 6.07 Å². The van der Waals surface area contributed by atoms with Crippen molar-refractivity contribution in [3.8, 4) is 11.8 Å². The Morgan fingerprint density at radius 1 is 1.50 bits per heavy atom. The highest BCUT2D eigenvalue weighted by Gasteiger charge is 2.18. The molecule has 14 heavy (non-hydrogen) atoms. The molecule has 0 fully saturated rings. The lowest BCUT2D eigenvalue weighted by Gasteiger charge is -2.04. The molecule has 0 heterocycles. The lowest BCUT2D eigenvalue weighted by Crippen LogP contribution is -1.97. The third-order valence-corrected chi connectivity index (χ3v) is 3.14. The Morgan fingerprint density at radius 2 is 2.07 bits per heavy atom. The lowest BCUT2D eigenvalue weighted by molar-refractivity contribution is 0.470. The molecule has 1 aromatic rings. The van der Waals surface area contributed by atoms with Crippen molar-refractivity contribution >= 4 is 19.7 Å². The number of nitriles is 1.